The Morgan fingerprint density at radius 2 is 2.24 bits per heavy atom. The van der Waals surface area contributed by atoms with Crippen LogP contribution in [0.5, 0.6) is 0 Å². The number of rotatable bonds is 5. The number of halogens is 1. The number of thioether (sulfide) groups is 1. The molecule has 1 fully saturated rings. The van der Waals surface area contributed by atoms with Gasteiger partial charge in [0.15, 0.2) is 0 Å². The molecule has 0 spiro atoms. The number of aliphatic hydroxyl groups is 1. The molecule has 0 aliphatic heterocycles. The number of hydrogen-bond donors (Lipinski definition) is 1. The Morgan fingerprint density at radius 1 is 1.47 bits per heavy atom. The van der Waals surface area contributed by atoms with Crippen LogP contribution in [0.4, 0.5) is 0 Å². The number of aliphatic hydroxyl groups excluding tert-OH is 1. The Labute approximate surface area is 115 Å². The van der Waals surface area contributed by atoms with Gasteiger partial charge in [-0.1, -0.05) is 25.7 Å². The van der Waals surface area contributed by atoms with Gasteiger partial charge in [0.2, 0.25) is 0 Å². The van der Waals surface area contributed by atoms with Crippen LogP contribution < -0.4 is 0 Å². The molecule has 1 aliphatic rings. The van der Waals surface area contributed by atoms with Crippen molar-refractivity contribution in [2.75, 3.05) is 5.75 Å². The average molecular weight is 316 g/mol. The van der Waals surface area contributed by atoms with Crippen molar-refractivity contribution in [1.29, 1.82) is 0 Å². The van der Waals surface area contributed by atoms with E-state index in [1.54, 1.807) is 18.0 Å². The molecule has 4 heteroatoms. The average Bonchev–Trinajstić information content (AvgIpc) is 2.81. The smallest absolute Gasteiger partial charge is 0.110 e. The van der Waals surface area contributed by atoms with Crippen molar-refractivity contribution < 1.29 is 5.11 Å². The van der Waals surface area contributed by atoms with E-state index in [-0.39, 0.29) is 6.10 Å². The maximum Gasteiger partial charge on any atom is 0.110 e. The molecule has 1 aromatic rings. The van der Waals surface area contributed by atoms with E-state index in [2.05, 4.69) is 20.9 Å². The molecular weight excluding hydrogens is 298 g/mol. The predicted octanol–water partition coefficient (Wildman–Crippen LogP) is 3.88. The molecule has 0 radical (unpaired) electrons. The van der Waals surface area contributed by atoms with Crippen LogP contribution in [-0.2, 0) is 0 Å². The Balaban J connectivity index is 1.75. The summed E-state index contributed by atoms with van der Waals surface area (Å²) in [7, 11) is 0. The molecule has 94 valence electrons. The molecule has 1 aromatic heterocycles. The number of hydrogen-bond acceptors (Lipinski definition) is 3. The maximum absolute atomic E-state index is 10.00. The third-order valence-corrected chi connectivity index (χ3v) is 5.27. The summed E-state index contributed by atoms with van der Waals surface area (Å²) in [6, 6.07) is 3.89. The zero-order chi connectivity index (χ0) is 12.1. The van der Waals surface area contributed by atoms with E-state index in [4.69, 9.17) is 0 Å². The molecule has 1 heterocycles. The highest BCUT2D eigenvalue weighted by molar-refractivity contribution is 9.10. The standard InChI is InChI=1S/C13H18BrNOS/c14-12-6-3-7-15-13(12)17-9-11(16)8-10-4-1-2-5-10/h3,6-7,10-11,16H,1-2,4-5,8-9H2. The summed E-state index contributed by atoms with van der Waals surface area (Å²) < 4.78 is 1.01. The van der Waals surface area contributed by atoms with Crippen molar-refractivity contribution in [2.24, 2.45) is 5.92 Å². The van der Waals surface area contributed by atoms with Crippen LogP contribution in [-0.4, -0.2) is 21.9 Å². The van der Waals surface area contributed by atoms with Crippen LogP contribution in [0.15, 0.2) is 27.8 Å². The first-order valence-corrected chi connectivity index (χ1v) is 7.95. The second-order valence-electron chi connectivity index (χ2n) is 4.64. The van der Waals surface area contributed by atoms with Gasteiger partial charge in [0, 0.05) is 16.4 Å². The minimum atomic E-state index is -0.197. The topological polar surface area (TPSA) is 33.1 Å². The van der Waals surface area contributed by atoms with Gasteiger partial charge >= 0.3 is 0 Å². The van der Waals surface area contributed by atoms with E-state index in [1.165, 1.54) is 25.7 Å². The fourth-order valence-electron chi connectivity index (χ4n) is 2.35. The third-order valence-electron chi connectivity index (χ3n) is 3.22. The minimum absolute atomic E-state index is 0.197. The lowest BCUT2D eigenvalue weighted by Crippen LogP contribution is -2.14. The summed E-state index contributed by atoms with van der Waals surface area (Å²) in [5, 5.41) is 11.0. The van der Waals surface area contributed by atoms with Gasteiger partial charge in [0.1, 0.15) is 5.03 Å². The highest BCUT2D eigenvalue weighted by atomic mass is 79.9. The zero-order valence-corrected chi connectivity index (χ0v) is 12.2. The summed E-state index contributed by atoms with van der Waals surface area (Å²) >= 11 is 5.10. The summed E-state index contributed by atoms with van der Waals surface area (Å²) in [4.78, 5) is 4.29. The predicted molar refractivity (Wildman–Crippen MR) is 75.2 cm³/mol. The van der Waals surface area contributed by atoms with Crippen LogP contribution in [0.25, 0.3) is 0 Å². The molecule has 2 rings (SSSR count). The van der Waals surface area contributed by atoms with E-state index in [9.17, 15) is 5.11 Å². The highest BCUT2D eigenvalue weighted by Gasteiger charge is 2.19. The molecule has 0 bridgehead atoms. The van der Waals surface area contributed by atoms with Crippen molar-refractivity contribution in [2.45, 2.75) is 43.2 Å². The second kappa shape index (κ2) is 6.76. The lowest BCUT2D eigenvalue weighted by Gasteiger charge is -2.14. The van der Waals surface area contributed by atoms with Gasteiger partial charge in [-0.2, -0.15) is 0 Å². The monoisotopic (exact) mass is 315 g/mol. The van der Waals surface area contributed by atoms with Crippen LogP contribution >= 0.6 is 27.7 Å². The number of aromatic nitrogens is 1. The molecule has 2 nitrogen and oxygen atoms in total. The van der Waals surface area contributed by atoms with Gasteiger partial charge < -0.3 is 5.11 Å². The van der Waals surface area contributed by atoms with Gasteiger partial charge in [0.05, 0.1) is 6.10 Å². The zero-order valence-electron chi connectivity index (χ0n) is 9.81. The summed E-state index contributed by atoms with van der Waals surface area (Å²) in [5.41, 5.74) is 0. The normalized spacial score (nSPS) is 18.5. The molecule has 1 atom stereocenters. The first kappa shape index (κ1) is 13.4. The second-order valence-corrected chi connectivity index (χ2v) is 6.50. The van der Waals surface area contributed by atoms with Crippen LogP contribution in [0.1, 0.15) is 32.1 Å². The maximum atomic E-state index is 10.00. The number of nitrogens with zero attached hydrogens (tertiary/aromatic N) is 1. The van der Waals surface area contributed by atoms with Gasteiger partial charge in [-0.05, 0) is 40.4 Å². The van der Waals surface area contributed by atoms with Crippen LogP contribution in [0, 0.1) is 5.92 Å². The first-order valence-electron chi connectivity index (χ1n) is 6.17. The Kier molecular flexibility index (Phi) is 5.32. The Morgan fingerprint density at radius 3 is 2.94 bits per heavy atom. The van der Waals surface area contributed by atoms with Crippen molar-refractivity contribution >= 4 is 27.7 Å². The van der Waals surface area contributed by atoms with Crippen LogP contribution in [0.2, 0.25) is 0 Å². The largest absolute Gasteiger partial charge is 0.392 e. The van der Waals surface area contributed by atoms with E-state index in [1.807, 2.05) is 12.1 Å². The lowest BCUT2D eigenvalue weighted by molar-refractivity contribution is 0.165. The van der Waals surface area contributed by atoms with Crippen LogP contribution in [0.3, 0.4) is 0 Å². The quantitative estimate of drug-likeness (QED) is 0.837. The Bertz CT molecular complexity index is 355. The van der Waals surface area contributed by atoms with Gasteiger partial charge in [0.25, 0.3) is 0 Å². The summed E-state index contributed by atoms with van der Waals surface area (Å²) in [6.45, 7) is 0. The van der Waals surface area contributed by atoms with E-state index < -0.39 is 0 Å². The molecule has 0 aromatic carbocycles. The summed E-state index contributed by atoms with van der Waals surface area (Å²) in [5.74, 6) is 1.49. The molecule has 0 saturated heterocycles. The lowest BCUT2D eigenvalue weighted by atomic mass is 10.0. The fourth-order valence-corrected chi connectivity index (χ4v) is 3.78. The van der Waals surface area contributed by atoms with Crippen molar-refractivity contribution in [3.8, 4) is 0 Å². The van der Waals surface area contributed by atoms with E-state index in [0.29, 0.717) is 0 Å². The van der Waals surface area contributed by atoms with Gasteiger partial charge in [-0.25, -0.2) is 4.98 Å². The summed E-state index contributed by atoms with van der Waals surface area (Å²) in [6.07, 6.45) is 7.84. The molecule has 0 amide bonds. The fraction of sp³-hybridized carbons (Fsp3) is 0.615. The molecule has 1 saturated carbocycles. The van der Waals surface area contributed by atoms with E-state index >= 15 is 0 Å². The van der Waals surface area contributed by atoms with Gasteiger partial charge in [-0.3, -0.25) is 0 Å². The third kappa shape index (κ3) is 4.27. The molecular formula is C13H18BrNOS. The van der Waals surface area contributed by atoms with Crippen molar-refractivity contribution in [3.05, 3.63) is 22.8 Å². The number of pyridine rings is 1. The van der Waals surface area contributed by atoms with Gasteiger partial charge in [-0.15, -0.1) is 11.8 Å². The molecule has 1 aliphatic carbocycles. The van der Waals surface area contributed by atoms with Crippen molar-refractivity contribution in [3.63, 3.8) is 0 Å². The SMILES string of the molecule is OC(CSc1ncccc1Br)CC1CCCC1. The molecule has 1 unspecified atom stereocenters. The minimum Gasteiger partial charge on any atom is -0.392 e. The Hall–Kier alpha value is -0.0600. The highest BCUT2D eigenvalue weighted by Crippen LogP contribution is 2.31. The van der Waals surface area contributed by atoms with Crippen molar-refractivity contribution in [1.82, 2.24) is 4.98 Å². The molecule has 1 N–H and O–H groups in total. The van der Waals surface area contributed by atoms with E-state index in [0.717, 1.165) is 27.6 Å². The first-order chi connectivity index (χ1) is 8.25. The molecule has 17 heavy (non-hydrogen) atoms.